The van der Waals surface area contributed by atoms with Gasteiger partial charge in [0.15, 0.2) is 11.5 Å². The molecule has 0 saturated carbocycles. The molecule has 1 amide bonds. The smallest absolute Gasteiger partial charge is 0.263 e. The number of amides is 1. The third kappa shape index (κ3) is 5.82. The van der Waals surface area contributed by atoms with Gasteiger partial charge in [-0.2, -0.15) is 5.26 Å². The molecule has 0 spiro atoms. The summed E-state index contributed by atoms with van der Waals surface area (Å²) in [5, 5.41) is 16.2. The molecule has 2 N–H and O–H groups in total. The Balaban J connectivity index is 1.34. The first-order valence-corrected chi connectivity index (χ1v) is 12.2. The summed E-state index contributed by atoms with van der Waals surface area (Å²) in [6.45, 7) is 2.45. The summed E-state index contributed by atoms with van der Waals surface area (Å²) in [6, 6.07) is 21.5. The van der Waals surface area contributed by atoms with E-state index in [1.807, 2.05) is 54.6 Å². The molecule has 4 rings (SSSR count). The zero-order valence-electron chi connectivity index (χ0n) is 20.3. The van der Waals surface area contributed by atoms with E-state index in [1.54, 1.807) is 25.6 Å². The molecule has 0 unspecified atom stereocenters. The van der Waals surface area contributed by atoms with Gasteiger partial charge >= 0.3 is 0 Å². The number of aryl methyl sites for hydroxylation is 1. The number of fused-ring (bicyclic) bond motifs is 1. The van der Waals surface area contributed by atoms with Crippen LogP contribution in [0.2, 0.25) is 0 Å². The molecule has 1 aromatic heterocycles. The summed E-state index contributed by atoms with van der Waals surface area (Å²) >= 11 is 1.65. The average Bonchev–Trinajstić information content (AvgIpc) is 3.32. The van der Waals surface area contributed by atoms with Crippen molar-refractivity contribution < 1.29 is 14.3 Å². The van der Waals surface area contributed by atoms with E-state index in [0.717, 1.165) is 32.0 Å². The number of hydrogen-bond acceptors (Lipinski definition) is 7. The number of hydrogen-bond donors (Lipinski definition) is 2. The summed E-state index contributed by atoms with van der Waals surface area (Å²) < 4.78 is 11.7. The third-order valence-electron chi connectivity index (χ3n) is 5.57. The molecule has 0 bridgehead atoms. The van der Waals surface area contributed by atoms with Gasteiger partial charge < -0.3 is 20.1 Å². The van der Waals surface area contributed by atoms with E-state index in [-0.39, 0.29) is 5.57 Å². The van der Waals surface area contributed by atoms with Gasteiger partial charge in [-0.3, -0.25) is 4.79 Å². The van der Waals surface area contributed by atoms with Crippen LogP contribution in [-0.4, -0.2) is 31.7 Å². The Morgan fingerprint density at radius 2 is 1.83 bits per heavy atom. The highest BCUT2D eigenvalue weighted by Gasteiger charge is 2.10. The lowest BCUT2D eigenvalue weighted by Crippen LogP contribution is -2.27. The van der Waals surface area contributed by atoms with Gasteiger partial charge in [0.05, 0.1) is 24.4 Å². The van der Waals surface area contributed by atoms with E-state index in [4.69, 9.17) is 14.5 Å². The second kappa shape index (κ2) is 11.4. The fourth-order valence-electron chi connectivity index (χ4n) is 3.62. The molecule has 7 nitrogen and oxygen atoms in total. The number of aromatic nitrogens is 1. The Morgan fingerprint density at radius 3 is 2.56 bits per heavy atom. The van der Waals surface area contributed by atoms with E-state index in [2.05, 4.69) is 29.7 Å². The van der Waals surface area contributed by atoms with E-state index < -0.39 is 5.91 Å². The SMILES string of the molecule is COc1ccc(CCNC(=O)/C(C#N)=C\Nc2ccc(-c3nc4ccc(C)cc4s3)cc2)cc1OC. The van der Waals surface area contributed by atoms with Gasteiger partial charge in [0, 0.05) is 24.0 Å². The molecule has 0 aliphatic heterocycles. The predicted octanol–water partition coefficient (Wildman–Crippen LogP) is 5.47. The third-order valence-corrected chi connectivity index (χ3v) is 6.64. The zero-order valence-corrected chi connectivity index (χ0v) is 21.1. The summed E-state index contributed by atoms with van der Waals surface area (Å²) in [4.78, 5) is 17.2. The number of anilines is 1. The van der Waals surface area contributed by atoms with Crippen molar-refractivity contribution in [2.75, 3.05) is 26.1 Å². The van der Waals surface area contributed by atoms with Crippen LogP contribution in [0.15, 0.2) is 72.4 Å². The van der Waals surface area contributed by atoms with Crippen LogP contribution in [-0.2, 0) is 11.2 Å². The second-order valence-corrected chi connectivity index (χ2v) is 9.11. The first-order chi connectivity index (χ1) is 17.5. The number of nitrogens with zero attached hydrogens (tertiary/aromatic N) is 2. The molecule has 0 saturated heterocycles. The summed E-state index contributed by atoms with van der Waals surface area (Å²) in [7, 11) is 3.16. The quantitative estimate of drug-likeness (QED) is 0.235. The number of carbonyl (C=O) groups is 1. The molecule has 36 heavy (non-hydrogen) atoms. The molecule has 182 valence electrons. The molecule has 0 aliphatic carbocycles. The lowest BCUT2D eigenvalue weighted by atomic mass is 10.1. The summed E-state index contributed by atoms with van der Waals surface area (Å²) in [6.07, 6.45) is 2.01. The van der Waals surface area contributed by atoms with Crippen molar-refractivity contribution in [3.05, 3.63) is 83.6 Å². The topological polar surface area (TPSA) is 96.3 Å². The Labute approximate surface area is 214 Å². The molecule has 0 radical (unpaired) electrons. The number of thiazole rings is 1. The van der Waals surface area contributed by atoms with Crippen molar-refractivity contribution in [2.45, 2.75) is 13.3 Å². The number of rotatable bonds is 9. The number of benzene rings is 3. The van der Waals surface area contributed by atoms with Crippen LogP contribution in [0, 0.1) is 18.3 Å². The average molecular weight is 499 g/mol. The minimum Gasteiger partial charge on any atom is -0.493 e. The van der Waals surface area contributed by atoms with Crippen molar-refractivity contribution in [1.82, 2.24) is 10.3 Å². The van der Waals surface area contributed by atoms with Crippen LogP contribution in [0.4, 0.5) is 5.69 Å². The second-order valence-electron chi connectivity index (χ2n) is 8.08. The van der Waals surface area contributed by atoms with E-state index >= 15 is 0 Å². The number of carbonyl (C=O) groups excluding carboxylic acids is 1. The predicted molar refractivity (Wildman–Crippen MR) is 143 cm³/mol. The number of ether oxygens (including phenoxy) is 2. The van der Waals surface area contributed by atoms with Crippen LogP contribution < -0.4 is 20.1 Å². The molecule has 0 atom stereocenters. The molecule has 8 heteroatoms. The molecule has 3 aromatic carbocycles. The van der Waals surface area contributed by atoms with E-state index in [1.165, 1.54) is 11.8 Å². The lowest BCUT2D eigenvalue weighted by Gasteiger charge is -2.10. The first kappa shape index (κ1) is 24.8. The molecular formula is C28H26N4O3S. The van der Waals surface area contributed by atoms with Crippen molar-refractivity contribution in [1.29, 1.82) is 5.26 Å². The maximum absolute atomic E-state index is 12.5. The highest BCUT2D eigenvalue weighted by molar-refractivity contribution is 7.21. The largest absolute Gasteiger partial charge is 0.493 e. The van der Waals surface area contributed by atoms with Gasteiger partial charge in [0.1, 0.15) is 16.6 Å². The van der Waals surface area contributed by atoms with Gasteiger partial charge in [-0.15, -0.1) is 11.3 Å². The van der Waals surface area contributed by atoms with Crippen LogP contribution in [0.3, 0.4) is 0 Å². The fraction of sp³-hybridized carbons (Fsp3) is 0.179. The zero-order chi connectivity index (χ0) is 25.5. The van der Waals surface area contributed by atoms with Crippen molar-refractivity contribution in [3.8, 4) is 28.1 Å². The van der Waals surface area contributed by atoms with Gasteiger partial charge in [0.25, 0.3) is 5.91 Å². The van der Waals surface area contributed by atoms with Gasteiger partial charge in [0.2, 0.25) is 0 Å². The first-order valence-electron chi connectivity index (χ1n) is 11.3. The van der Waals surface area contributed by atoms with E-state index in [0.29, 0.717) is 24.5 Å². The van der Waals surface area contributed by atoms with E-state index in [9.17, 15) is 10.1 Å². The minimum absolute atomic E-state index is 0.00655. The summed E-state index contributed by atoms with van der Waals surface area (Å²) in [5.74, 6) is 0.841. The monoisotopic (exact) mass is 498 g/mol. The van der Waals surface area contributed by atoms with Gasteiger partial charge in [-0.25, -0.2) is 4.98 Å². The highest BCUT2D eigenvalue weighted by Crippen LogP contribution is 2.31. The molecule has 1 heterocycles. The van der Waals surface area contributed by atoms with Gasteiger partial charge in [-0.1, -0.05) is 12.1 Å². The van der Waals surface area contributed by atoms with Gasteiger partial charge in [-0.05, 0) is 73.0 Å². The summed E-state index contributed by atoms with van der Waals surface area (Å²) in [5.41, 5.74) is 4.95. The van der Waals surface area contributed by atoms with Crippen LogP contribution >= 0.6 is 11.3 Å². The number of nitriles is 1. The maximum Gasteiger partial charge on any atom is 0.263 e. The van der Waals surface area contributed by atoms with Crippen molar-refractivity contribution in [2.24, 2.45) is 0 Å². The van der Waals surface area contributed by atoms with Crippen molar-refractivity contribution >= 4 is 33.1 Å². The van der Waals surface area contributed by atoms with Crippen LogP contribution in [0.25, 0.3) is 20.8 Å². The molecule has 4 aromatic rings. The van der Waals surface area contributed by atoms with Crippen molar-refractivity contribution in [3.63, 3.8) is 0 Å². The Morgan fingerprint density at radius 1 is 1.06 bits per heavy atom. The minimum atomic E-state index is -0.438. The lowest BCUT2D eigenvalue weighted by molar-refractivity contribution is -0.117. The normalized spacial score (nSPS) is 11.1. The standard InChI is InChI=1S/C28H26N4O3S/c1-18-4-10-23-26(14-18)36-28(32-23)20-6-8-22(9-7-20)31-17-21(16-29)27(33)30-13-12-19-5-11-24(34-2)25(15-19)35-3/h4-11,14-15,17,31H,12-13H2,1-3H3,(H,30,33)/b21-17-. The Bertz CT molecular complexity index is 1450. The van der Waals surface area contributed by atoms with Crippen LogP contribution in [0.5, 0.6) is 11.5 Å². The molecule has 0 aliphatic rings. The van der Waals surface area contributed by atoms with Crippen LogP contribution in [0.1, 0.15) is 11.1 Å². The Kier molecular flexibility index (Phi) is 7.83. The number of nitrogens with one attached hydrogen (secondary N) is 2. The molecule has 0 fully saturated rings. The Hall–Kier alpha value is -4.35. The maximum atomic E-state index is 12.5. The number of methoxy groups -OCH3 is 2. The highest BCUT2D eigenvalue weighted by atomic mass is 32.1. The molecular weight excluding hydrogens is 472 g/mol. The fourth-order valence-corrected chi connectivity index (χ4v) is 4.69.